The first-order chi connectivity index (χ1) is 8.00. The van der Waals surface area contributed by atoms with Crippen molar-refractivity contribution in [2.24, 2.45) is 5.84 Å². The molecule has 0 amide bonds. The molecule has 3 nitrogen and oxygen atoms in total. The van der Waals surface area contributed by atoms with Crippen LogP contribution in [0.4, 0.5) is 13.2 Å². The molecule has 0 radical (unpaired) electrons. The summed E-state index contributed by atoms with van der Waals surface area (Å²) >= 11 is 0. The second-order valence-corrected chi connectivity index (χ2v) is 3.82. The maximum atomic E-state index is 12.8. The highest BCUT2D eigenvalue weighted by molar-refractivity contribution is 5.29. The number of alkyl halides is 3. The normalized spacial score (nSPS) is 13.7. The Labute approximate surface area is 98.2 Å². The zero-order valence-electron chi connectivity index (χ0n) is 9.59. The van der Waals surface area contributed by atoms with Gasteiger partial charge in [0.1, 0.15) is 0 Å². The quantitative estimate of drug-likeness (QED) is 0.621. The van der Waals surface area contributed by atoms with E-state index in [4.69, 9.17) is 5.84 Å². The lowest BCUT2D eigenvalue weighted by molar-refractivity contribution is -0.138. The molecule has 6 heteroatoms. The zero-order valence-corrected chi connectivity index (χ0v) is 9.59. The lowest BCUT2D eigenvalue weighted by Crippen LogP contribution is -2.30. The number of nitrogens with one attached hydrogen (secondary N) is 1. The largest absolute Gasteiger partial charge is 0.416 e. The number of unbranched alkanes of at least 4 members (excludes halogenated alkanes) is 1. The van der Waals surface area contributed by atoms with E-state index in [1.807, 2.05) is 6.92 Å². The van der Waals surface area contributed by atoms with E-state index >= 15 is 0 Å². The maximum absolute atomic E-state index is 12.8. The molecule has 0 aliphatic carbocycles. The van der Waals surface area contributed by atoms with Gasteiger partial charge in [-0.25, -0.2) is 0 Å². The van der Waals surface area contributed by atoms with Gasteiger partial charge in [0, 0.05) is 24.0 Å². The van der Waals surface area contributed by atoms with E-state index in [2.05, 4.69) is 10.4 Å². The molecule has 0 bridgehead atoms. The van der Waals surface area contributed by atoms with E-state index in [1.54, 1.807) is 0 Å². The van der Waals surface area contributed by atoms with Crippen LogP contribution in [0.2, 0.25) is 0 Å². The monoisotopic (exact) mass is 247 g/mol. The van der Waals surface area contributed by atoms with Crippen molar-refractivity contribution in [1.82, 2.24) is 10.4 Å². The summed E-state index contributed by atoms with van der Waals surface area (Å²) < 4.78 is 38.3. The smallest absolute Gasteiger partial charge is 0.271 e. The van der Waals surface area contributed by atoms with Crippen molar-refractivity contribution in [3.05, 3.63) is 29.6 Å². The third-order valence-corrected chi connectivity index (χ3v) is 2.58. The van der Waals surface area contributed by atoms with Gasteiger partial charge in [-0.05, 0) is 12.5 Å². The van der Waals surface area contributed by atoms with Crippen molar-refractivity contribution in [3.8, 4) is 0 Å². The summed E-state index contributed by atoms with van der Waals surface area (Å²) in [5, 5.41) is 0. The first-order valence-electron chi connectivity index (χ1n) is 5.48. The number of pyridine rings is 1. The highest BCUT2D eigenvalue weighted by atomic mass is 19.4. The Balaban J connectivity index is 3.02. The Hall–Kier alpha value is -1.14. The molecular weight excluding hydrogens is 231 g/mol. The van der Waals surface area contributed by atoms with Gasteiger partial charge in [0.05, 0.1) is 5.56 Å². The predicted molar refractivity (Wildman–Crippen MR) is 58.8 cm³/mol. The molecule has 0 aromatic carbocycles. The molecular formula is C11H16F3N3. The summed E-state index contributed by atoms with van der Waals surface area (Å²) in [7, 11) is 0. The van der Waals surface area contributed by atoms with Crippen molar-refractivity contribution in [1.29, 1.82) is 0 Å². The SMILES string of the molecule is CCCCC(NN)c1cnccc1C(F)(F)F. The van der Waals surface area contributed by atoms with Crippen LogP contribution >= 0.6 is 0 Å². The van der Waals surface area contributed by atoms with Crippen LogP contribution in [-0.4, -0.2) is 4.98 Å². The first-order valence-corrected chi connectivity index (χ1v) is 5.48. The zero-order chi connectivity index (χ0) is 12.9. The van der Waals surface area contributed by atoms with Gasteiger partial charge in [-0.15, -0.1) is 0 Å². The van der Waals surface area contributed by atoms with Crippen molar-refractivity contribution < 1.29 is 13.2 Å². The molecule has 1 unspecified atom stereocenters. The number of hydrogen-bond acceptors (Lipinski definition) is 3. The standard InChI is InChI=1S/C11H16F3N3/c1-2-3-4-10(17-15)8-7-16-6-5-9(8)11(12,13)14/h5-7,10,17H,2-4,15H2,1H3. The van der Waals surface area contributed by atoms with E-state index in [0.29, 0.717) is 6.42 Å². The number of nitrogens with zero attached hydrogens (tertiary/aromatic N) is 1. The molecule has 0 aliphatic rings. The van der Waals surface area contributed by atoms with Crippen molar-refractivity contribution in [2.75, 3.05) is 0 Å². The summed E-state index contributed by atoms with van der Waals surface area (Å²) in [6, 6.07) is 0.464. The van der Waals surface area contributed by atoms with Gasteiger partial charge in [0.25, 0.3) is 0 Å². The van der Waals surface area contributed by atoms with Crippen LogP contribution in [0.3, 0.4) is 0 Å². The summed E-state index contributed by atoms with van der Waals surface area (Å²) in [5.74, 6) is 5.31. The molecule has 0 saturated carbocycles. The third-order valence-electron chi connectivity index (χ3n) is 2.58. The van der Waals surface area contributed by atoms with Gasteiger partial charge in [0.15, 0.2) is 0 Å². The molecule has 1 aromatic heterocycles. The lowest BCUT2D eigenvalue weighted by atomic mass is 9.98. The van der Waals surface area contributed by atoms with Crippen LogP contribution in [0, 0.1) is 0 Å². The summed E-state index contributed by atoms with van der Waals surface area (Å²) in [4.78, 5) is 3.74. The minimum Gasteiger partial charge on any atom is -0.271 e. The van der Waals surface area contributed by atoms with Crippen LogP contribution < -0.4 is 11.3 Å². The van der Waals surface area contributed by atoms with Crippen molar-refractivity contribution in [3.63, 3.8) is 0 Å². The molecule has 1 aromatic rings. The Morgan fingerprint density at radius 1 is 1.47 bits per heavy atom. The van der Waals surface area contributed by atoms with Crippen molar-refractivity contribution >= 4 is 0 Å². The molecule has 1 rings (SSSR count). The number of aromatic nitrogens is 1. The summed E-state index contributed by atoms with van der Waals surface area (Å²) in [6.45, 7) is 1.97. The van der Waals surface area contributed by atoms with Gasteiger partial charge in [0.2, 0.25) is 0 Å². The second kappa shape index (κ2) is 5.97. The van der Waals surface area contributed by atoms with E-state index in [-0.39, 0.29) is 5.56 Å². The van der Waals surface area contributed by atoms with E-state index in [1.165, 1.54) is 6.20 Å². The van der Waals surface area contributed by atoms with Crippen LogP contribution in [0.15, 0.2) is 18.5 Å². The molecule has 0 aliphatic heterocycles. The third kappa shape index (κ3) is 3.67. The lowest BCUT2D eigenvalue weighted by Gasteiger charge is -2.20. The highest BCUT2D eigenvalue weighted by Crippen LogP contribution is 2.34. The molecule has 96 valence electrons. The van der Waals surface area contributed by atoms with Gasteiger partial charge >= 0.3 is 6.18 Å². The average Bonchev–Trinajstić information content (AvgIpc) is 2.29. The van der Waals surface area contributed by atoms with Gasteiger partial charge < -0.3 is 0 Å². The maximum Gasteiger partial charge on any atom is 0.416 e. The topological polar surface area (TPSA) is 50.9 Å². The average molecular weight is 247 g/mol. The first kappa shape index (κ1) is 13.9. The van der Waals surface area contributed by atoms with Gasteiger partial charge in [-0.3, -0.25) is 16.3 Å². The number of rotatable bonds is 5. The minimum atomic E-state index is -4.38. The summed E-state index contributed by atoms with van der Waals surface area (Å²) in [6.07, 6.45) is 0.255. The van der Waals surface area contributed by atoms with Crippen LogP contribution in [-0.2, 0) is 6.18 Å². The Morgan fingerprint density at radius 2 is 2.18 bits per heavy atom. The fourth-order valence-corrected chi connectivity index (χ4v) is 1.68. The molecule has 0 spiro atoms. The number of nitrogens with two attached hydrogens (primary N) is 1. The Bertz CT molecular complexity index is 352. The Kier molecular flexibility index (Phi) is 4.89. The van der Waals surface area contributed by atoms with Crippen molar-refractivity contribution in [2.45, 2.75) is 38.4 Å². The van der Waals surface area contributed by atoms with E-state index in [0.717, 1.165) is 25.1 Å². The van der Waals surface area contributed by atoms with E-state index < -0.39 is 17.8 Å². The fourth-order valence-electron chi connectivity index (χ4n) is 1.68. The molecule has 1 heterocycles. The molecule has 0 fully saturated rings. The van der Waals surface area contributed by atoms with Gasteiger partial charge in [-0.1, -0.05) is 19.8 Å². The number of hydrazine groups is 1. The summed E-state index contributed by atoms with van der Waals surface area (Å²) in [5.41, 5.74) is 1.86. The predicted octanol–water partition coefficient (Wildman–Crippen LogP) is 2.80. The fraction of sp³-hybridized carbons (Fsp3) is 0.545. The minimum absolute atomic E-state index is 0.107. The van der Waals surface area contributed by atoms with E-state index in [9.17, 15) is 13.2 Å². The molecule has 17 heavy (non-hydrogen) atoms. The molecule has 1 atom stereocenters. The molecule has 3 N–H and O–H groups in total. The van der Waals surface area contributed by atoms with Gasteiger partial charge in [-0.2, -0.15) is 13.2 Å². The Morgan fingerprint density at radius 3 is 2.71 bits per heavy atom. The van der Waals surface area contributed by atoms with Crippen LogP contribution in [0.25, 0.3) is 0 Å². The van der Waals surface area contributed by atoms with Crippen LogP contribution in [0.5, 0.6) is 0 Å². The number of hydrogen-bond donors (Lipinski definition) is 2. The number of halogens is 3. The van der Waals surface area contributed by atoms with Crippen LogP contribution in [0.1, 0.15) is 43.4 Å². The highest BCUT2D eigenvalue weighted by Gasteiger charge is 2.34. The molecule has 0 saturated heterocycles. The second-order valence-electron chi connectivity index (χ2n) is 3.82.